The molecule has 0 saturated heterocycles. The van der Waals surface area contributed by atoms with Crippen LogP contribution in [-0.2, 0) is 9.53 Å². The Hall–Kier alpha value is -0.830. The predicted octanol–water partition coefficient (Wildman–Crippen LogP) is 1.23. The van der Waals surface area contributed by atoms with Gasteiger partial charge < -0.3 is 10.5 Å². The fourth-order valence-electron chi connectivity index (χ4n) is 0.859. The summed E-state index contributed by atoms with van der Waals surface area (Å²) in [6.45, 7) is 6.28. The van der Waals surface area contributed by atoms with Crippen molar-refractivity contribution in [1.29, 1.82) is 0 Å². The number of hydrogen-bond acceptors (Lipinski definition) is 2. The average molecular weight is 171 g/mol. The molecule has 0 heterocycles. The van der Waals surface area contributed by atoms with Gasteiger partial charge in [0.2, 0.25) is 5.91 Å². The second kappa shape index (κ2) is 5.77. The zero-order chi connectivity index (χ0) is 9.56. The maximum atomic E-state index is 10.7. The highest BCUT2D eigenvalue weighted by Crippen LogP contribution is 2.03. The van der Waals surface area contributed by atoms with E-state index in [1.807, 2.05) is 13.8 Å². The van der Waals surface area contributed by atoms with E-state index in [1.165, 1.54) is 0 Å². The van der Waals surface area contributed by atoms with E-state index >= 15 is 0 Å². The normalized spacial score (nSPS) is 14.4. The average Bonchev–Trinajstić information content (AvgIpc) is 2.03. The van der Waals surface area contributed by atoms with Crippen molar-refractivity contribution in [3.05, 3.63) is 11.6 Å². The maximum Gasteiger partial charge on any atom is 0.244 e. The molecule has 70 valence electrons. The van der Waals surface area contributed by atoms with Gasteiger partial charge in [0, 0.05) is 12.2 Å². The van der Waals surface area contributed by atoms with E-state index in [1.54, 1.807) is 13.0 Å². The van der Waals surface area contributed by atoms with Crippen molar-refractivity contribution in [2.75, 3.05) is 6.61 Å². The Morgan fingerprint density at radius 3 is 2.50 bits per heavy atom. The highest BCUT2D eigenvalue weighted by Gasteiger charge is 2.04. The molecule has 0 saturated carbocycles. The van der Waals surface area contributed by atoms with E-state index in [2.05, 4.69) is 0 Å². The first-order valence-corrected chi connectivity index (χ1v) is 4.21. The summed E-state index contributed by atoms with van der Waals surface area (Å²) in [4.78, 5) is 10.7. The van der Waals surface area contributed by atoms with Gasteiger partial charge in [0.05, 0.1) is 6.10 Å². The van der Waals surface area contributed by atoms with Crippen LogP contribution in [0.4, 0.5) is 0 Å². The lowest BCUT2D eigenvalue weighted by Gasteiger charge is -2.10. The molecule has 1 atom stereocenters. The van der Waals surface area contributed by atoms with Gasteiger partial charge in [-0.05, 0) is 26.3 Å². The van der Waals surface area contributed by atoms with Crippen LogP contribution in [0.3, 0.4) is 0 Å². The number of primary amides is 1. The Morgan fingerprint density at radius 2 is 2.17 bits per heavy atom. The van der Waals surface area contributed by atoms with Gasteiger partial charge >= 0.3 is 0 Å². The lowest BCUT2D eigenvalue weighted by molar-refractivity contribution is -0.114. The molecule has 0 radical (unpaired) electrons. The Morgan fingerprint density at radius 1 is 1.58 bits per heavy atom. The van der Waals surface area contributed by atoms with Gasteiger partial charge in [-0.25, -0.2) is 0 Å². The molecule has 2 N–H and O–H groups in total. The minimum Gasteiger partial charge on any atom is -0.374 e. The van der Waals surface area contributed by atoms with Gasteiger partial charge in [-0.1, -0.05) is 6.92 Å². The second-order valence-electron chi connectivity index (χ2n) is 2.62. The Balaban J connectivity index is 4.14. The number of hydrogen-bond donors (Lipinski definition) is 1. The minimum absolute atomic E-state index is 0.0162. The third-order valence-corrected chi connectivity index (χ3v) is 1.61. The highest BCUT2D eigenvalue weighted by atomic mass is 16.5. The van der Waals surface area contributed by atoms with Crippen LogP contribution >= 0.6 is 0 Å². The first kappa shape index (κ1) is 11.2. The standard InChI is InChI=1S/C9H17NO2/c1-4-8(12-5-2)6-7(3)9(10)11/h6,8H,4-5H2,1-3H3,(H2,10,11)/b7-6+. The molecule has 3 heteroatoms. The van der Waals surface area contributed by atoms with Crippen LogP contribution in [0.2, 0.25) is 0 Å². The summed E-state index contributed by atoms with van der Waals surface area (Å²) in [5.41, 5.74) is 5.64. The van der Waals surface area contributed by atoms with Gasteiger partial charge in [0.25, 0.3) is 0 Å². The van der Waals surface area contributed by atoms with Crippen molar-refractivity contribution in [1.82, 2.24) is 0 Å². The van der Waals surface area contributed by atoms with E-state index < -0.39 is 0 Å². The van der Waals surface area contributed by atoms with Crippen LogP contribution in [0.15, 0.2) is 11.6 Å². The van der Waals surface area contributed by atoms with Crippen LogP contribution in [-0.4, -0.2) is 18.6 Å². The molecular weight excluding hydrogens is 154 g/mol. The summed E-state index contributed by atoms with van der Waals surface area (Å²) in [6, 6.07) is 0. The summed E-state index contributed by atoms with van der Waals surface area (Å²) in [7, 11) is 0. The zero-order valence-electron chi connectivity index (χ0n) is 7.96. The summed E-state index contributed by atoms with van der Waals surface area (Å²) in [5, 5.41) is 0. The number of amides is 1. The minimum atomic E-state index is -0.381. The Kier molecular flexibility index (Phi) is 5.37. The molecule has 1 unspecified atom stereocenters. The summed E-state index contributed by atoms with van der Waals surface area (Å²) in [6.07, 6.45) is 2.65. The van der Waals surface area contributed by atoms with Crippen LogP contribution in [0, 0.1) is 0 Å². The van der Waals surface area contributed by atoms with E-state index in [-0.39, 0.29) is 12.0 Å². The second-order valence-corrected chi connectivity index (χ2v) is 2.62. The largest absolute Gasteiger partial charge is 0.374 e. The zero-order valence-corrected chi connectivity index (χ0v) is 7.96. The van der Waals surface area contributed by atoms with Crippen molar-refractivity contribution in [2.45, 2.75) is 33.3 Å². The molecule has 0 aromatic heterocycles. The number of rotatable bonds is 5. The quantitative estimate of drug-likeness (QED) is 0.632. The Labute approximate surface area is 73.6 Å². The van der Waals surface area contributed by atoms with E-state index in [0.717, 1.165) is 6.42 Å². The highest BCUT2D eigenvalue weighted by molar-refractivity contribution is 5.91. The molecule has 0 spiro atoms. The van der Waals surface area contributed by atoms with E-state index in [9.17, 15) is 4.79 Å². The first-order valence-electron chi connectivity index (χ1n) is 4.21. The molecule has 0 rings (SSSR count). The van der Waals surface area contributed by atoms with Gasteiger partial charge in [-0.2, -0.15) is 0 Å². The van der Waals surface area contributed by atoms with Gasteiger partial charge in [-0.3, -0.25) is 4.79 Å². The molecule has 0 aliphatic heterocycles. The monoisotopic (exact) mass is 171 g/mol. The summed E-state index contributed by atoms with van der Waals surface area (Å²) < 4.78 is 5.33. The molecule has 0 aliphatic rings. The lowest BCUT2D eigenvalue weighted by Crippen LogP contribution is -2.16. The molecule has 12 heavy (non-hydrogen) atoms. The molecule has 0 fully saturated rings. The third kappa shape index (κ3) is 4.13. The van der Waals surface area contributed by atoms with Crippen LogP contribution in [0.25, 0.3) is 0 Å². The number of carbonyl (C=O) groups is 1. The molecular formula is C9H17NO2. The van der Waals surface area contributed by atoms with Crippen molar-refractivity contribution in [3.8, 4) is 0 Å². The van der Waals surface area contributed by atoms with E-state index in [4.69, 9.17) is 10.5 Å². The Bertz CT molecular complexity index is 175. The van der Waals surface area contributed by atoms with Crippen molar-refractivity contribution in [2.24, 2.45) is 5.73 Å². The van der Waals surface area contributed by atoms with E-state index in [0.29, 0.717) is 12.2 Å². The summed E-state index contributed by atoms with van der Waals surface area (Å²) >= 11 is 0. The summed E-state index contributed by atoms with van der Waals surface area (Å²) in [5.74, 6) is -0.381. The number of carbonyl (C=O) groups excluding carboxylic acids is 1. The van der Waals surface area contributed by atoms with Crippen molar-refractivity contribution < 1.29 is 9.53 Å². The van der Waals surface area contributed by atoms with Crippen LogP contribution < -0.4 is 5.73 Å². The first-order chi connectivity index (χ1) is 5.61. The van der Waals surface area contributed by atoms with Crippen molar-refractivity contribution >= 4 is 5.91 Å². The van der Waals surface area contributed by atoms with Crippen LogP contribution in [0.5, 0.6) is 0 Å². The van der Waals surface area contributed by atoms with Crippen LogP contribution in [0.1, 0.15) is 27.2 Å². The molecule has 3 nitrogen and oxygen atoms in total. The topological polar surface area (TPSA) is 52.3 Å². The smallest absolute Gasteiger partial charge is 0.244 e. The fourth-order valence-corrected chi connectivity index (χ4v) is 0.859. The number of nitrogens with two attached hydrogens (primary N) is 1. The molecule has 0 aromatic carbocycles. The van der Waals surface area contributed by atoms with Gasteiger partial charge in [-0.15, -0.1) is 0 Å². The maximum absolute atomic E-state index is 10.7. The van der Waals surface area contributed by atoms with Gasteiger partial charge in [0.1, 0.15) is 0 Å². The van der Waals surface area contributed by atoms with Gasteiger partial charge in [0.15, 0.2) is 0 Å². The lowest BCUT2D eigenvalue weighted by atomic mass is 10.2. The number of ether oxygens (including phenoxy) is 1. The molecule has 0 aromatic rings. The molecule has 0 aliphatic carbocycles. The predicted molar refractivity (Wildman–Crippen MR) is 48.7 cm³/mol. The SMILES string of the molecule is CCOC(/C=C(\C)C(N)=O)CC. The molecule has 0 bridgehead atoms. The fraction of sp³-hybridized carbons (Fsp3) is 0.667. The third-order valence-electron chi connectivity index (χ3n) is 1.61. The van der Waals surface area contributed by atoms with Crippen molar-refractivity contribution in [3.63, 3.8) is 0 Å². The molecule has 1 amide bonds.